The fourth-order valence-corrected chi connectivity index (χ4v) is 2.61. The average molecular weight is 326 g/mol. The molecule has 3 N–H and O–H groups in total. The highest BCUT2D eigenvalue weighted by Gasteiger charge is 2.27. The van der Waals surface area contributed by atoms with E-state index < -0.39 is 0 Å². The average Bonchev–Trinajstić information content (AvgIpc) is 2.91. The van der Waals surface area contributed by atoms with E-state index in [2.05, 4.69) is 5.32 Å². The largest absolute Gasteiger partial charge is 0.352 e. The number of amides is 2. The first kappa shape index (κ1) is 18.5. The van der Waals surface area contributed by atoms with Crippen molar-refractivity contribution in [3.05, 3.63) is 35.4 Å². The molecular formula is C16H24ClN3O2. The van der Waals surface area contributed by atoms with Gasteiger partial charge in [0.05, 0.1) is 0 Å². The second-order valence-corrected chi connectivity index (χ2v) is 5.88. The molecule has 0 heterocycles. The van der Waals surface area contributed by atoms with E-state index in [0.29, 0.717) is 12.1 Å². The summed E-state index contributed by atoms with van der Waals surface area (Å²) in [6.07, 6.45) is 2.59. The first-order chi connectivity index (χ1) is 9.97. The Morgan fingerprint density at radius 1 is 1.23 bits per heavy atom. The Labute approximate surface area is 137 Å². The second-order valence-electron chi connectivity index (χ2n) is 5.88. The summed E-state index contributed by atoms with van der Waals surface area (Å²) in [5.41, 5.74) is 7.46. The molecular weight excluding hydrogens is 302 g/mol. The third-order valence-corrected chi connectivity index (χ3v) is 3.92. The number of carbonyl (C=O) groups is 2. The summed E-state index contributed by atoms with van der Waals surface area (Å²) in [7, 11) is 3.45. The van der Waals surface area contributed by atoms with E-state index in [0.717, 1.165) is 24.8 Å². The lowest BCUT2D eigenvalue weighted by atomic mass is 10.1. The van der Waals surface area contributed by atoms with Crippen LogP contribution in [0.3, 0.4) is 0 Å². The highest BCUT2D eigenvalue weighted by atomic mass is 35.5. The Kier molecular flexibility index (Phi) is 6.84. The standard InChI is InChI=1S/C16H23N3O2.ClH/c1-19(2)16(21)12-5-3-11(4-6-12)10-18-15(20)13-7-8-14(17)9-13;/h3-6,13-14H,7-10,17H2,1-2H3,(H,18,20);1H. The molecule has 1 aliphatic rings. The lowest BCUT2D eigenvalue weighted by molar-refractivity contribution is -0.125. The minimum absolute atomic E-state index is 0. The van der Waals surface area contributed by atoms with Crippen LogP contribution in [0.5, 0.6) is 0 Å². The molecule has 5 nitrogen and oxygen atoms in total. The lowest BCUT2D eigenvalue weighted by Gasteiger charge is -2.12. The molecule has 2 amide bonds. The number of rotatable bonds is 4. The van der Waals surface area contributed by atoms with Crippen LogP contribution in [0, 0.1) is 5.92 Å². The molecule has 6 heteroatoms. The first-order valence-electron chi connectivity index (χ1n) is 7.31. The highest BCUT2D eigenvalue weighted by Crippen LogP contribution is 2.24. The van der Waals surface area contributed by atoms with E-state index in [4.69, 9.17) is 5.73 Å². The summed E-state index contributed by atoms with van der Waals surface area (Å²) in [6.45, 7) is 0.487. The maximum absolute atomic E-state index is 12.0. The van der Waals surface area contributed by atoms with Gasteiger partial charge in [-0.1, -0.05) is 12.1 Å². The van der Waals surface area contributed by atoms with Crippen molar-refractivity contribution in [1.29, 1.82) is 0 Å². The van der Waals surface area contributed by atoms with Gasteiger partial charge < -0.3 is 16.0 Å². The zero-order chi connectivity index (χ0) is 15.4. The zero-order valence-corrected chi connectivity index (χ0v) is 13.9. The van der Waals surface area contributed by atoms with Gasteiger partial charge in [0.1, 0.15) is 0 Å². The SMILES string of the molecule is CN(C)C(=O)c1ccc(CNC(=O)C2CCC(N)C2)cc1.Cl. The van der Waals surface area contributed by atoms with E-state index in [1.54, 1.807) is 31.1 Å². The quantitative estimate of drug-likeness (QED) is 0.882. The van der Waals surface area contributed by atoms with Crippen LogP contribution < -0.4 is 11.1 Å². The van der Waals surface area contributed by atoms with Gasteiger partial charge in [-0.15, -0.1) is 12.4 Å². The monoisotopic (exact) mass is 325 g/mol. The Morgan fingerprint density at radius 2 is 1.86 bits per heavy atom. The van der Waals surface area contributed by atoms with Crippen molar-refractivity contribution in [2.75, 3.05) is 14.1 Å². The van der Waals surface area contributed by atoms with Gasteiger partial charge in [-0.05, 0) is 37.0 Å². The normalized spacial score (nSPS) is 20.1. The van der Waals surface area contributed by atoms with Gasteiger partial charge in [-0.2, -0.15) is 0 Å². The van der Waals surface area contributed by atoms with Gasteiger partial charge in [0, 0.05) is 38.2 Å². The van der Waals surface area contributed by atoms with Crippen LogP contribution >= 0.6 is 12.4 Å². The summed E-state index contributed by atoms with van der Waals surface area (Å²) in [5.74, 6) is 0.108. The molecule has 1 aromatic rings. The molecule has 0 aromatic heterocycles. The van der Waals surface area contributed by atoms with E-state index in [-0.39, 0.29) is 36.2 Å². The predicted molar refractivity (Wildman–Crippen MR) is 88.9 cm³/mol. The van der Waals surface area contributed by atoms with Crippen molar-refractivity contribution >= 4 is 24.2 Å². The van der Waals surface area contributed by atoms with Gasteiger partial charge in [0.25, 0.3) is 5.91 Å². The topological polar surface area (TPSA) is 75.4 Å². The van der Waals surface area contributed by atoms with Crippen LogP contribution in [0.1, 0.15) is 35.2 Å². The molecule has 2 unspecified atom stereocenters. The summed E-state index contributed by atoms with van der Waals surface area (Å²) in [6, 6.07) is 7.48. The van der Waals surface area contributed by atoms with Crippen LogP contribution in [0.15, 0.2) is 24.3 Å². The van der Waals surface area contributed by atoms with Gasteiger partial charge in [0.2, 0.25) is 5.91 Å². The molecule has 0 aliphatic heterocycles. The van der Waals surface area contributed by atoms with Crippen molar-refractivity contribution in [2.45, 2.75) is 31.8 Å². The minimum Gasteiger partial charge on any atom is -0.352 e. The molecule has 1 saturated carbocycles. The molecule has 2 rings (SSSR count). The minimum atomic E-state index is -0.0227. The molecule has 0 radical (unpaired) electrons. The smallest absolute Gasteiger partial charge is 0.253 e. The summed E-state index contributed by atoms with van der Waals surface area (Å²) in [4.78, 5) is 25.3. The third-order valence-electron chi connectivity index (χ3n) is 3.92. The Hall–Kier alpha value is -1.59. The van der Waals surface area contributed by atoms with Crippen molar-refractivity contribution in [3.63, 3.8) is 0 Å². The summed E-state index contributed by atoms with van der Waals surface area (Å²) >= 11 is 0. The van der Waals surface area contributed by atoms with Crippen molar-refractivity contribution in [3.8, 4) is 0 Å². The van der Waals surface area contributed by atoms with E-state index in [1.165, 1.54) is 0 Å². The molecule has 1 aromatic carbocycles. The molecule has 0 saturated heterocycles. The van der Waals surface area contributed by atoms with Gasteiger partial charge in [0.15, 0.2) is 0 Å². The van der Waals surface area contributed by atoms with Crippen LogP contribution in [0.4, 0.5) is 0 Å². The number of nitrogens with one attached hydrogen (secondary N) is 1. The number of halogens is 1. The van der Waals surface area contributed by atoms with Gasteiger partial charge >= 0.3 is 0 Å². The van der Waals surface area contributed by atoms with E-state index >= 15 is 0 Å². The molecule has 2 atom stereocenters. The summed E-state index contributed by atoms with van der Waals surface area (Å²) in [5, 5.41) is 2.94. The number of benzene rings is 1. The zero-order valence-electron chi connectivity index (χ0n) is 13.0. The van der Waals surface area contributed by atoms with Gasteiger partial charge in [-0.25, -0.2) is 0 Å². The van der Waals surface area contributed by atoms with Crippen molar-refractivity contribution in [2.24, 2.45) is 11.7 Å². The predicted octanol–water partition coefficient (Wildman–Crippen LogP) is 1.55. The molecule has 1 fully saturated rings. The molecule has 1 aliphatic carbocycles. The van der Waals surface area contributed by atoms with Crippen LogP contribution in [-0.2, 0) is 11.3 Å². The fourth-order valence-electron chi connectivity index (χ4n) is 2.61. The van der Waals surface area contributed by atoms with Crippen LogP contribution in [0.2, 0.25) is 0 Å². The third kappa shape index (κ3) is 4.71. The summed E-state index contributed by atoms with van der Waals surface area (Å²) < 4.78 is 0. The number of nitrogens with zero attached hydrogens (tertiary/aromatic N) is 1. The van der Waals surface area contributed by atoms with Crippen molar-refractivity contribution in [1.82, 2.24) is 10.2 Å². The maximum atomic E-state index is 12.0. The highest BCUT2D eigenvalue weighted by molar-refractivity contribution is 5.93. The van der Waals surface area contributed by atoms with Crippen LogP contribution in [-0.4, -0.2) is 36.9 Å². The number of hydrogen-bond acceptors (Lipinski definition) is 3. The van der Waals surface area contributed by atoms with Crippen molar-refractivity contribution < 1.29 is 9.59 Å². The van der Waals surface area contributed by atoms with E-state index in [1.807, 2.05) is 12.1 Å². The Balaban J connectivity index is 0.00000242. The number of carbonyl (C=O) groups excluding carboxylic acids is 2. The number of hydrogen-bond donors (Lipinski definition) is 2. The maximum Gasteiger partial charge on any atom is 0.253 e. The van der Waals surface area contributed by atoms with Crippen LogP contribution in [0.25, 0.3) is 0 Å². The van der Waals surface area contributed by atoms with Gasteiger partial charge in [-0.3, -0.25) is 9.59 Å². The number of nitrogens with two attached hydrogens (primary N) is 1. The molecule has 0 bridgehead atoms. The Morgan fingerprint density at radius 3 is 2.36 bits per heavy atom. The molecule has 0 spiro atoms. The second kappa shape index (κ2) is 8.15. The van der Waals surface area contributed by atoms with E-state index in [9.17, 15) is 9.59 Å². The molecule has 22 heavy (non-hydrogen) atoms. The fraction of sp³-hybridized carbons (Fsp3) is 0.500. The first-order valence-corrected chi connectivity index (χ1v) is 7.31. The Bertz CT molecular complexity index is 517. The molecule has 122 valence electrons. The lowest BCUT2D eigenvalue weighted by Crippen LogP contribution is -2.30.